The number of halogens is 1. The molecular formula is C22H21ClN4O. The van der Waals surface area contributed by atoms with E-state index in [1.54, 1.807) is 24.5 Å². The second-order valence-electron chi connectivity index (χ2n) is 7.02. The molecule has 3 aromatic rings. The number of benzene rings is 1. The molecule has 28 heavy (non-hydrogen) atoms. The van der Waals surface area contributed by atoms with Crippen LogP contribution in [0.15, 0.2) is 55.0 Å². The van der Waals surface area contributed by atoms with Crippen molar-refractivity contribution < 1.29 is 4.79 Å². The Bertz CT molecular complexity index is 993. The smallest absolute Gasteiger partial charge is 0.255 e. The van der Waals surface area contributed by atoms with Crippen LogP contribution in [0.5, 0.6) is 0 Å². The summed E-state index contributed by atoms with van der Waals surface area (Å²) in [5.41, 5.74) is 3.60. The normalized spacial score (nSPS) is 16.8. The molecule has 0 radical (unpaired) electrons. The van der Waals surface area contributed by atoms with Crippen molar-refractivity contribution in [2.24, 2.45) is 0 Å². The van der Waals surface area contributed by atoms with Crippen molar-refractivity contribution in [1.29, 1.82) is 0 Å². The Labute approximate surface area is 169 Å². The maximum absolute atomic E-state index is 13.0. The fourth-order valence-corrected chi connectivity index (χ4v) is 3.96. The summed E-state index contributed by atoms with van der Waals surface area (Å²) in [5, 5.41) is 0.491. The van der Waals surface area contributed by atoms with Gasteiger partial charge in [-0.15, -0.1) is 0 Å². The molecule has 1 atom stereocenters. The highest BCUT2D eigenvalue weighted by molar-refractivity contribution is 6.33. The zero-order chi connectivity index (χ0) is 19.5. The van der Waals surface area contributed by atoms with Crippen LogP contribution in [0.25, 0.3) is 11.1 Å². The number of nitrogens with zero attached hydrogens (tertiary/aromatic N) is 4. The molecule has 4 rings (SSSR count). The van der Waals surface area contributed by atoms with Gasteiger partial charge in [-0.05, 0) is 49.6 Å². The van der Waals surface area contributed by atoms with E-state index in [9.17, 15) is 4.79 Å². The molecule has 1 aliphatic heterocycles. The van der Waals surface area contributed by atoms with Gasteiger partial charge in [0.05, 0.1) is 16.3 Å². The Kier molecular flexibility index (Phi) is 5.35. The number of hydrogen-bond donors (Lipinski definition) is 0. The summed E-state index contributed by atoms with van der Waals surface area (Å²) in [4.78, 5) is 28.2. The van der Waals surface area contributed by atoms with Crippen molar-refractivity contribution in [3.05, 3.63) is 77.1 Å². The predicted molar refractivity (Wildman–Crippen MR) is 109 cm³/mol. The molecule has 3 heterocycles. The van der Waals surface area contributed by atoms with Crippen LogP contribution < -0.4 is 0 Å². The zero-order valence-electron chi connectivity index (χ0n) is 15.7. The first-order valence-corrected chi connectivity index (χ1v) is 9.79. The lowest BCUT2D eigenvalue weighted by Crippen LogP contribution is -2.39. The van der Waals surface area contributed by atoms with Crippen LogP contribution in [-0.4, -0.2) is 38.8 Å². The summed E-state index contributed by atoms with van der Waals surface area (Å²) in [6.45, 7) is 3.25. The van der Waals surface area contributed by atoms with E-state index in [2.05, 4.69) is 9.97 Å². The highest BCUT2D eigenvalue weighted by Crippen LogP contribution is 2.33. The fourth-order valence-electron chi connectivity index (χ4n) is 3.74. The Balaban J connectivity index is 1.65. The van der Waals surface area contributed by atoms with E-state index in [0.29, 0.717) is 17.1 Å². The van der Waals surface area contributed by atoms with E-state index in [1.165, 1.54) is 0 Å². The number of piperidine rings is 1. The van der Waals surface area contributed by atoms with Gasteiger partial charge in [0.1, 0.15) is 5.82 Å². The molecule has 0 N–H and O–H groups in total. The Morgan fingerprint density at radius 2 is 1.96 bits per heavy atom. The summed E-state index contributed by atoms with van der Waals surface area (Å²) in [6.07, 6.45) is 7.34. The van der Waals surface area contributed by atoms with Crippen LogP contribution in [0.2, 0.25) is 5.02 Å². The van der Waals surface area contributed by atoms with Gasteiger partial charge in [0.15, 0.2) is 0 Å². The second kappa shape index (κ2) is 8.07. The van der Waals surface area contributed by atoms with Gasteiger partial charge < -0.3 is 4.90 Å². The first-order chi connectivity index (χ1) is 13.6. The van der Waals surface area contributed by atoms with Crippen LogP contribution in [0.4, 0.5) is 0 Å². The van der Waals surface area contributed by atoms with Crippen molar-refractivity contribution in [3.63, 3.8) is 0 Å². The monoisotopic (exact) mass is 392 g/mol. The summed E-state index contributed by atoms with van der Waals surface area (Å²) in [5.74, 6) is 0.874. The van der Waals surface area contributed by atoms with Gasteiger partial charge in [-0.25, -0.2) is 9.97 Å². The number of aromatic nitrogens is 3. The number of aryl methyl sites for hydroxylation is 1. The highest BCUT2D eigenvalue weighted by Gasteiger charge is 2.29. The molecule has 2 aromatic heterocycles. The van der Waals surface area contributed by atoms with Crippen molar-refractivity contribution in [3.8, 4) is 11.1 Å². The van der Waals surface area contributed by atoms with Gasteiger partial charge in [-0.2, -0.15) is 0 Å². The van der Waals surface area contributed by atoms with Crippen LogP contribution in [-0.2, 0) is 0 Å². The molecule has 142 valence electrons. The minimum atomic E-state index is -0.0217. The van der Waals surface area contributed by atoms with Gasteiger partial charge in [0, 0.05) is 43.2 Å². The molecule has 6 heteroatoms. The summed E-state index contributed by atoms with van der Waals surface area (Å²) in [6, 6.07) is 11.1. The van der Waals surface area contributed by atoms with Crippen molar-refractivity contribution >= 4 is 17.5 Å². The molecule has 0 bridgehead atoms. The number of rotatable bonds is 3. The Morgan fingerprint density at radius 3 is 2.75 bits per heavy atom. The quantitative estimate of drug-likeness (QED) is 0.657. The van der Waals surface area contributed by atoms with Crippen molar-refractivity contribution in [2.75, 3.05) is 13.1 Å². The molecule has 1 aliphatic rings. The van der Waals surface area contributed by atoms with E-state index < -0.39 is 0 Å². The molecule has 0 spiro atoms. The predicted octanol–water partition coefficient (Wildman–Crippen LogP) is 4.52. The average Bonchev–Trinajstić information content (AvgIpc) is 2.74. The van der Waals surface area contributed by atoms with Crippen LogP contribution in [0, 0.1) is 6.92 Å². The molecule has 5 nitrogen and oxygen atoms in total. The van der Waals surface area contributed by atoms with Crippen LogP contribution >= 0.6 is 11.6 Å². The van der Waals surface area contributed by atoms with Gasteiger partial charge in [-0.3, -0.25) is 9.78 Å². The minimum Gasteiger partial charge on any atom is -0.338 e. The number of carbonyl (C=O) groups is 1. The van der Waals surface area contributed by atoms with Crippen LogP contribution in [0.1, 0.15) is 40.6 Å². The van der Waals surface area contributed by atoms with E-state index in [0.717, 1.165) is 42.0 Å². The third-order valence-electron chi connectivity index (χ3n) is 5.13. The molecule has 1 fully saturated rings. The first kappa shape index (κ1) is 18.6. The third kappa shape index (κ3) is 3.76. The van der Waals surface area contributed by atoms with Crippen molar-refractivity contribution in [2.45, 2.75) is 25.7 Å². The summed E-state index contributed by atoms with van der Waals surface area (Å²) >= 11 is 6.24. The first-order valence-electron chi connectivity index (χ1n) is 9.41. The number of pyridine rings is 1. The molecule has 0 saturated carbocycles. The summed E-state index contributed by atoms with van der Waals surface area (Å²) in [7, 11) is 0. The number of carbonyl (C=O) groups excluding carboxylic acids is 1. The Morgan fingerprint density at radius 1 is 1.18 bits per heavy atom. The molecular weight excluding hydrogens is 372 g/mol. The molecule has 1 saturated heterocycles. The topological polar surface area (TPSA) is 59.0 Å². The number of amides is 1. The van der Waals surface area contributed by atoms with Gasteiger partial charge in [-0.1, -0.05) is 23.7 Å². The van der Waals surface area contributed by atoms with Gasteiger partial charge >= 0.3 is 0 Å². The molecule has 0 unspecified atom stereocenters. The van der Waals surface area contributed by atoms with Gasteiger partial charge in [0.2, 0.25) is 0 Å². The minimum absolute atomic E-state index is 0.0217. The molecule has 0 aliphatic carbocycles. The fraction of sp³-hybridized carbons (Fsp3) is 0.273. The standard InChI is InChI=1S/C22H21ClN4O/c1-15-25-13-19(16-8-10-24-11-9-16)21(26-15)17-5-4-12-27(14-17)22(28)18-6-2-3-7-20(18)23/h2-3,6-11,13,17H,4-5,12,14H2,1H3/t17-/m1/s1. The molecule has 1 amide bonds. The van der Waals surface area contributed by atoms with Gasteiger partial charge in [0.25, 0.3) is 5.91 Å². The lowest BCUT2D eigenvalue weighted by Gasteiger charge is -2.33. The van der Waals surface area contributed by atoms with E-state index >= 15 is 0 Å². The SMILES string of the molecule is Cc1ncc(-c2ccncc2)c([C@@H]2CCCN(C(=O)c3ccccc3Cl)C2)n1. The average molecular weight is 393 g/mol. The second-order valence-corrected chi connectivity index (χ2v) is 7.43. The zero-order valence-corrected chi connectivity index (χ0v) is 16.4. The third-order valence-corrected chi connectivity index (χ3v) is 5.46. The number of hydrogen-bond acceptors (Lipinski definition) is 4. The van der Waals surface area contributed by atoms with E-state index in [1.807, 2.05) is 42.3 Å². The lowest BCUT2D eigenvalue weighted by atomic mass is 9.89. The van der Waals surface area contributed by atoms with E-state index in [4.69, 9.17) is 16.6 Å². The van der Waals surface area contributed by atoms with Crippen LogP contribution in [0.3, 0.4) is 0 Å². The van der Waals surface area contributed by atoms with E-state index in [-0.39, 0.29) is 11.8 Å². The highest BCUT2D eigenvalue weighted by atomic mass is 35.5. The maximum Gasteiger partial charge on any atom is 0.255 e. The number of likely N-dealkylation sites (tertiary alicyclic amines) is 1. The maximum atomic E-state index is 13.0. The molecule has 1 aromatic carbocycles. The summed E-state index contributed by atoms with van der Waals surface area (Å²) < 4.78 is 0. The lowest BCUT2D eigenvalue weighted by molar-refractivity contribution is 0.0706. The van der Waals surface area contributed by atoms with Crippen molar-refractivity contribution in [1.82, 2.24) is 19.9 Å². The Hall–Kier alpha value is -2.79. The largest absolute Gasteiger partial charge is 0.338 e.